The van der Waals surface area contributed by atoms with Crippen molar-refractivity contribution < 1.29 is 67.8 Å². The molecule has 25 nitrogen and oxygen atoms in total. The Morgan fingerprint density at radius 1 is 0.606 bits per heavy atom. The number of rotatable bonds is 19. The van der Waals surface area contributed by atoms with Crippen LogP contribution in [-0.2, 0) is 30.2 Å². The number of carbonyl (C=O) groups is 4. The Morgan fingerprint density at radius 2 is 1.11 bits per heavy atom. The monoisotopic (exact) mass is 913 g/mol. The zero-order chi connectivity index (χ0) is 48.6. The van der Waals surface area contributed by atoms with Gasteiger partial charge in [-0.15, -0.1) is 0 Å². The molecule has 342 valence electrons. The van der Waals surface area contributed by atoms with E-state index in [-0.39, 0.29) is 46.9 Å². The standard InChI is InChI=1S/C41H34N6O19/c1-22-35(38(48)49)37(25-5-4-6-28(13-25)43(53)54)36(23(2)42(22)3)41(52)63-12-11-24-7-9-33(10-8-24)64-20-34(66-40(51)27-16-31(46(59)60)19-32(17-27)47(61)62)21-65-39(50)26-14-29(44(55)56)18-30(15-26)45(57)58/h4-10,13-19,34,37H,11-12,20-21H2,1-3H3,(H,48,49)/p-1. The molecule has 0 spiro atoms. The van der Waals surface area contributed by atoms with Gasteiger partial charge in [-0.2, -0.15) is 0 Å². The number of carbonyl (C=O) groups excluding carboxylic acids is 4. The molecule has 0 fully saturated rings. The van der Waals surface area contributed by atoms with Crippen molar-refractivity contribution in [2.75, 3.05) is 26.9 Å². The Bertz CT molecular complexity index is 2690. The lowest BCUT2D eigenvalue weighted by Gasteiger charge is -2.37. The van der Waals surface area contributed by atoms with Gasteiger partial charge in [-0.3, -0.25) is 50.6 Å². The van der Waals surface area contributed by atoms with Crippen molar-refractivity contribution in [3.8, 4) is 5.75 Å². The number of aliphatic carboxylic acids is 1. The lowest BCUT2D eigenvalue weighted by molar-refractivity contribution is -0.394. The van der Waals surface area contributed by atoms with Gasteiger partial charge < -0.3 is 33.7 Å². The zero-order valence-electron chi connectivity index (χ0n) is 34.5. The van der Waals surface area contributed by atoms with Crippen molar-refractivity contribution in [3.05, 3.63) is 180 Å². The first-order valence-corrected chi connectivity index (χ1v) is 18.9. The highest BCUT2D eigenvalue weighted by atomic mass is 16.6. The molecule has 0 bridgehead atoms. The number of carboxylic acids is 1. The van der Waals surface area contributed by atoms with Gasteiger partial charge in [0.15, 0.2) is 6.10 Å². The molecule has 0 amide bonds. The number of carboxylic acid groups (broad SMARTS) is 1. The Labute approximate surface area is 369 Å². The minimum absolute atomic E-state index is 0.0809. The Morgan fingerprint density at radius 3 is 1.61 bits per heavy atom. The fourth-order valence-corrected chi connectivity index (χ4v) is 6.57. The van der Waals surface area contributed by atoms with Crippen LogP contribution in [0.2, 0.25) is 0 Å². The molecule has 1 aliphatic rings. The average molecular weight is 914 g/mol. The summed E-state index contributed by atoms with van der Waals surface area (Å²) >= 11 is 0. The number of esters is 3. The van der Waals surface area contributed by atoms with Gasteiger partial charge >= 0.3 is 17.9 Å². The second-order valence-electron chi connectivity index (χ2n) is 14.1. The quantitative estimate of drug-likeness (QED) is 0.0527. The number of non-ortho nitro benzene ring substituents is 5. The van der Waals surface area contributed by atoms with Crippen LogP contribution in [0, 0.1) is 50.6 Å². The summed E-state index contributed by atoms with van der Waals surface area (Å²) in [6.07, 6.45) is -1.47. The number of ether oxygens (including phenoxy) is 4. The molecule has 1 aliphatic heterocycles. The van der Waals surface area contributed by atoms with Crippen LogP contribution >= 0.6 is 0 Å². The second kappa shape index (κ2) is 20.4. The third-order valence-corrected chi connectivity index (χ3v) is 9.99. The lowest BCUT2D eigenvalue weighted by atomic mass is 9.80. The van der Waals surface area contributed by atoms with Crippen LogP contribution in [0.15, 0.2) is 107 Å². The summed E-state index contributed by atoms with van der Waals surface area (Å²) in [6.45, 7) is 1.37. The SMILES string of the molecule is CC1=C(C(=O)[O-])C(c2cccc([N+](=O)[O-])c2)C(C(=O)OCCc2ccc(OCC(COC(=O)c3cc([N+](=O)[O-])cc([N+](=O)[O-])c3)OC(=O)c3cc([N+](=O)[O-])cc([N+](=O)[O-])c3)cc2)=C(C)N1C. The first kappa shape index (κ1) is 47.9. The minimum Gasteiger partial charge on any atom is -0.545 e. The van der Waals surface area contributed by atoms with Crippen molar-refractivity contribution in [1.29, 1.82) is 0 Å². The predicted molar refractivity (Wildman–Crippen MR) is 220 cm³/mol. The van der Waals surface area contributed by atoms with Gasteiger partial charge in [-0.25, -0.2) is 14.4 Å². The molecule has 4 aromatic rings. The molecule has 0 saturated heterocycles. The van der Waals surface area contributed by atoms with Gasteiger partial charge in [0.25, 0.3) is 28.4 Å². The molecule has 4 aromatic carbocycles. The molecule has 1 heterocycles. The summed E-state index contributed by atoms with van der Waals surface area (Å²) in [5.41, 5.74) is -3.93. The summed E-state index contributed by atoms with van der Waals surface area (Å²) in [6, 6.07) is 15.2. The number of benzene rings is 4. The highest BCUT2D eigenvalue weighted by Gasteiger charge is 2.37. The van der Waals surface area contributed by atoms with Crippen LogP contribution in [0.5, 0.6) is 5.75 Å². The molecule has 0 aliphatic carbocycles. The van der Waals surface area contributed by atoms with Crippen LogP contribution in [0.1, 0.15) is 51.6 Å². The average Bonchev–Trinajstić information content (AvgIpc) is 3.28. The molecule has 2 unspecified atom stereocenters. The molecule has 0 saturated carbocycles. The molecule has 0 radical (unpaired) electrons. The molecule has 25 heteroatoms. The summed E-state index contributed by atoms with van der Waals surface area (Å²) < 4.78 is 21.8. The van der Waals surface area contributed by atoms with E-state index in [2.05, 4.69) is 0 Å². The highest BCUT2D eigenvalue weighted by molar-refractivity contribution is 5.98. The maximum atomic E-state index is 13.7. The lowest BCUT2D eigenvalue weighted by Crippen LogP contribution is -2.38. The molecular weight excluding hydrogens is 880 g/mol. The van der Waals surface area contributed by atoms with E-state index in [0.717, 1.165) is 6.07 Å². The van der Waals surface area contributed by atoms with Crippen LogP contribution in [-0.4, -0.2) is 86.4 Å². The van der Waals surface area contributed by atoms with Gasteiger partial charge in [0.05, 0.1) is 66.0 Å². The predicted octanol–water partition coefficient (Wildman–Crippen LogP) is 4.80. The maximum absolute atomic E-state index is 13.7. The Balaban J connectivity index is 1.30. The van der Waals surface area contributed by atoms with Crippen LogP contribution in [0.25, 0.3) is 0 Å². The highest BCUT2D eigenvalue weighted by Crippen LogP contribution is 2.42. The molecule has 66 heavy (non-hydrogen) atoms. The van der Waals surface area contributed by atoms with Crippen LogP contribution < -0.4 is 9.84 Å². The van der Waals surface area contributed by atoms with Crippen molar-refractivity contribution >= 4 is 52.3 Å². The number of hydrogen-bond donors (Lipinski definition) is 0. The number of nitro benzene ring substituents is 5. The first-order valence-electron chi connectivity index (χ1n) is 18.9. The fraction of sp³-hybridized carbons (Fsp3) is 0.220. The first-order chi connectivity index (χ1) is 31.2. The van der Waals surface area contributed by atoms with Crippen molar-refractivity contribution in [2.45, 2.75) is 32.3 Å². The van der Waals surface area contributed by atoms with E-state index in [9.17, 15) is 74.9 Å². The summed E-state index contributed by atoms with van der Waals surface area (Å²) in [4.78, 5) is 106. The van der Waals surface area contributed by atoms with Crippen molar-refractivity contribution in [2.24, 2.45) is 0 Å². The van der Waals surface area contributed by atoms with Crippen molar-refractivity contribution in [3.63, 3.8) is 0 Å². The van der Waals surface area contributed by atoms with E-state index in [1.165, 1.54) is 49.2 Å². The fourth-order valence-electron chi connectivity index (χ4n) is 6.57. The van der Waals surface area contributed by atoms with E-state index in [1.807, 2.05) is 0 Å². The molecule has 2 atom stereocenters. The van der Waals surface area contributed by atoms with Gasteiger partial charge in [-0.05, 0) is 37.1 Å². The Hall–Kier alpha value is -9.16. The zero-order valence-corrected chi connectivity index (χ0v) is 34.5. The van der Waals surface area contributed by atoms with E-state index >= 15 is 0 Å². The van der Waals surface area contributed by atoms with Gasteiger partial charge in [0.1, 0.15) is 19.0 Å². The van der Waals surface area contributed by atoms with Gasteiger partial charge in [0, 0.05) is 72.8 Å². The molecule has 0 N–H and O–H groups in total. The van der Waals surface area contributed by atoms with Crippen molar-refractivity contribution in [1.82, 2.24) is 4.90 Å². The normalized spacial score (nSPS) is 13.9. The third kappa shape index (κ3) is 11.3. The van der Waals surface area contributed by atoms with E-state index in [4.69, 9.17) is 18.9 Å². The smallest absolute Gasteiger partial charge is 0.339 e. The van der Waals surface area contributed by atoms with E-state index in [1.54, 1.807) is 19.1 Å². The molecule has 5 rings (SSSR count). The van der Waals surface area contributed by atoms with Crippen LogP contribution in [0.3, 0.4) is 0 Å². The third-order valence-electron chi connectivity index (χ3n) is 9.99. The summed E-state index contributed by atoms with van der Waals surface area (Å²) in [7, 11) is 1.54. The van der Waals surface area contributed by atoms with E-state index in [0.29, 0.717) is 47.7 Å². The van der Waals surface area contributed by atoms with Gasteiger partial charge in [-0.1, -0.05) is 24.3 Å². The summed E-state index contributed by atoms with van der Waals surface area (Å²) in [5, 5.41) is 69.4. The number of allylic oxidation sites excluding steroid dienone is 2. The minimum atomic E-state index is -1.59. The van der Waals surface area contributed by atoms with E-state index < -0.39 is 108 Å². The number of nitrogens with zero attached hydrogens (tertiary/aromatic N) is 6. The maximum Gasteiger partial charge on any atom is 0.339 e. The second-order valence-corrected chi connectivity index (χ2v) is 14.1. The van der Waals surface area contributed by atoms with Gasteiger partial charge in [0.2, 0.25) is 0 Å². The summed E-state index contributed by atoms with van der Waals surface area (Å²) in [5.74, 6) is -6.33. The topological polar surface area (TPSA) is 347 Å². The Kier molecular flexibility index (Phi) is 14.8. The molecule has 0 aromatic heterocycles. The van der Waals surface area contributed by atoms with Crippen LogP contribution in [0.4, 0.5) is 28.4 Å². The largest absolute Gasteiger partial charge is 0.545 e. The molecular formula is C41H33N6O19-. The number of nitro groups is 5. The number of hydrogen-bond acceptors (Lipinski definition) is 20.